The molecule has 4 aromatic rings. The fraction of sp³-hybridized carbons (Fsp3) is 0.136. The molecule has 0 N–H and O–H groups in total. The Bertz CT molecular complexity index is 1270. The van der Waals surface area contributed by atoms with Crippen LogP contribution in [0.15, 0.2) is 69.1 Å². The highest BCUT2D eigenvalue weighted by Crippen LogP contribution is 2.38. The summed E-state index contributed by atoms with van der Waals surface area (Å²) >= 11 is 6.00. The third-order valence-electron chi connectivity index (χ3n) is 5.09. The van der Waals surface area contributed by atoms with E-state index in [2.05, 4.69) is 90.3 Å². The van der Waals surface area contributed by atoms with Gasteiger partial charge in [0, 0.05) is 19.2 Å². The van der Waals surface area contributed by atoms with Gasteiger partial charge < -0.3 is 4.42 Å². The van der Waals surface area contributed by atoms with Crippen LogP contribution in [0.1, 0.15) is 35.5 Å². The monoisotopic (exact) mass is 558 g/mol. The largest absolute Gasteiger partial charge is 0.441 e. The standard InChI is InChI=1S/C22H16BrIN4O/c1-12-21-20(22-13(2)26-11-29-22)25-10-28(21)18-8-7-14(23)9-16(18)19(27-12)15-5-3-4-6-17(15)24/h3-12H,1-2H3/t12-/m0/s1. The van der Waals surface area contributed by atoms with Gasteiger partial charge in [-0.15, -0.1) is 0 Å². The van der Waals surface area contributed by atoms with Crippen molar-refractivity contribution in [3.8, 4) is 17.1 Å². The van der Waals surface area contributed by atoms with Gasteiger partial charge in [-0.3, -0.25) is 9.56 Å². The summed E-state index contributed by atoms with van der Waals surface area (Å²) in [6.45, 7) is 4.03. The summed E-state index contributed by atoms with van der Waals surface area (Å²) in [4.78, 5) is 14.1. The van der Waals surface area contributed by atoms with Crippen molar-refractivity contribution in [2.75, 3.05) is 0 Å². The summed E-state index contributed by atoms with van der Waals surface area (Å²) in [7, 11) is 0. The zero-order valence-corrected chi connectivity index (χ0v) is 19.5. The van der Waals surface area contributed by atoms with Crippen LogP contribution < -0.4 is 0 Å². The van der Waals surface area contributed by atoms with Crippen molar-refractivity contribution in [1.29, 1.82) is 0 Å². The van der Waals surface area contributed by atoms with Gasteiger partial charge in [0.1, 0.15) is 12.0 Å². The number of halogens is 2. The van der Waals surface area contributed by atoms with Gasteiger partial charge in [-0.25, -0.2) is 9.97 Å². The molecule has 0 radical (unpaired) electrons. The van der Waals surface area contributed by atoms with Crippen molar-refractivity contribution < 1.29 is 4.42 Å². The van der Waals surface area contributed by atoms with Gasteiger partial charge in [0.2, 0.25) is 0 Å². The number of benzene rings is 2. The number of fused-ring (bicyclic) bond motifs is 3. The molecule has 0 unspecified atom stereocenters. The lowest BCUT2D eigenvalue weighted by Gasteiger charge is -2.13. The Kier molecular flexibility index (Phi) is 4.66. The molecule has 0 bridgehead atoms. The Morgan fingerprint density at radius 2 is 1.93 bits per heavy atom. The van der Waals surface area contributed by atoms with Crippen LogP contribution in [0, 0.1) is 10.5 Å². The molecular weight excluding hydrogens is 543 g/mol. The fourth-order valence-electron chi connectivity index (χ4n) is 3.75. The summed E-state index contributed by atoms with van der Waals surface area (Å²) in [5, 5.41) is 0. The van der Waals surface area contributed by atoms with E-state index in [4.69, 9.17) is 9.41 Å². The number of nitrogens with zero attached hydrogens (tertiary/aromatic N) is 4. The SMILES string of the molecule is Cc1ncoc1-c1ncn2c1[C@H](C)N=C(c1ccccc1I)c1cc(Br)ccc1-2. The van der Waals surface area contributed by atoms with E-state index >= 15 is 0 Å². The van der Waals surface area contributed by atoms with E-state index in [1.165, 1.54) is 6.39 Å². The molecule has 0 aliphatic carbocycles. The average Bonchev–Trinajstić information content (AvgIpc) is 3.30. The minimum atomic E-state index is -0.116. The lowest BCUT2D eigenvalue weighted by molar-refractivity contribution is 0.567. The zero-order valence-electron chi connectivity index (χ0n) is 15.7. The highest BCUT2D eigenvalue weighted by molar-refractivity contribution is 14.1. The molecule has 0 spiro atoms. The number of oxazole rings is 1. The van der Waals surface area contributed by atoms with E-state index < -0.39 is 0 Å². The summed E-state index contributed by atoms with van der Waals surface area (Å²) < 4.78 is 9.95. The molecule has 2 aromatic heterocycles. The first-order valence-corrected chi connectivity index (χ1v) is 11.0. The highest BCUT2D eigenvalue weighted by Gasteiger charge is 2.28. The van der Waals surface area contributed by atoms with Crippen LogP contribution in [0.4, 0.5) is 0 Å². The molecule has 0 saturated heterocycles. The maximum Gasteiger partial charge on any atom is 0.181 e. The topological polar surface area (TPSA) is 56.2 Å². The second-order valence-electron chi connectivity index (χ2n) is 6.91. The predicted octanol–water partition coefficient (Wildman–Crippen LogP) is 6.11. The molecule has 0 amide bonds. The van der Waals surface area contributed by atoms with Crippen LogP contribution in [0.25, 0.3) is 17.1 Å². The van der Waals surface area contributed by atoms with E-state index in [0.717, 1.165) is 47.7 Å². The molecule has 5 rings (SSSR count). The van der Waals surface area contributed by atoms with Gasteiger partial charge >= 0.3 is 0 Å². The lowest BCUT2D eigenvalue weighted by Crippen LogP contribution is -2.08. The first-order valence-electron chi connectivity index (χ1n) is 9.15. The van der Waals surface area contributed by atoms with Crippen molar-refractivity contribution in [2.24, 2.45) is 4.99 Å². The van der Waals surface area contributed by atoms with E-state index in [-0.39, 0.29) is 6.04 Å². The van der Waals surface area contributed by atoms with Crippen LogP contribution in [0.5, 0.6) is 0 Å². The lowest BCUT2D eigenvalue weighted by atomic mass is 10.0. The van der Waals surface area contributed by atoms with Gasteiger partial charge in [0.05, 0.1) is 28.8 Å². The van der Waals surface area contributed by atoms with Crippen molar-refractivity contribution in [3.05, 3.63) is 85.7 Å². The second kappa shape index (κ2) is 7.21. The van der Waals surface area contributed by atoms with E-state index in [1.807, 2.05) is 25.4 Å². The van der Waals surface area contributed by atoms with Gasteiger partial charge in [-0.2, -0.15) is 0 Å². The Morgan fingerprint density at radius 1 is 1.10 bits per heavy atom. The quantitative estimate of drug-likeness (QED) is 0.279. The normalized spacial score (nSPS) is 15.4. The van der Waals surface area contributed by atoms with Crippen molar-refractivity contribution in [3.63, 3.8) is 0 Å². The molecule has 0 saturated carbocycles. The number of hydrogen-bond acceptors (Lipinski definition) is 4. The van der Waals surface area contributed by atoms with Crippen LogP contribution in [0.3, 0.4) is 0 Å². The maximum atomic E-state index is 5.66. The number of aryl methyl sites for hydroxylation is 1. The first kappa shape index (κ1) is 18.7. The van der Waals surface area contributed by atoms with Gasteiger partial charge in [0.15, 0.2) is 12.2 Å². The zero-order chi connectivity index (χ0) is 20.1. The van der Waals surface area contributed by atoms with Crippen LogP contribution in [0.2, 0.25) is 0 Å². The summed E-state index contributed by atoms with van der Waals surface area (Å²) in [5.41, 5.74) is 6.80. The van der Waals surface area contributed by atoms with Crippen molar-refractivity contribution >= 4 is 44.2 Å². The Labute approximate surface area is 190 Å². The first-order chi connectivity index (χ1) is 14.0. The Hall–Kier alpha value is -2.26. The molecule has 0 fully saturated rings. The smallest absolute Gasteiger partial charge is 0.181 e. The number of rotatable bonds is 2. The fourth-order valence-corrected chi connectivity index (χ4v) is 4.76. The molecule has 144 valence electrons. The molecule has 1 aliphatic rings. The second-order valence-corrected chi connectivity index (χ2v) is 8.99. The van der Waals surface area contributed by atoms with E-state index in [1.54, 1.807) is 0 Å². The molecule has 5 nitrogen and oxygen atoms in total. The summed E-state index contributed by atoms with van der Waals surface area (Å²) in [6, 6.07) is 14.5. The minimum absolute atomic E-state index is 0.116. The predicted molar refractivity (Wildman–Crippen MR) is 125 cm³/mol. The molecule has 7 heteroatoms. The van der Waals surface area contributed by atoms with Crippen LogP contribution >= 0.6 is 38.5 Å². The van der Waals surface area contributed by atoms with Gasteiger partial charge in [-0.1, -0.05) is 34.1 Å². The minimum Gasteiger partial charge on any atom is -0.441 e. The molecule has 3 heterocycles. The number of imidazole rings is 1. The number of hydrogen-bond donors (Lipinski definition) is 0. The third-order valence-corrected chi connectivity index (χ3v) is 6.52. The van der Waals surface area contributed by atoms with Gasteiger partial charge in [0.25, 0.3) is 0 Å². The Balaban J connectivity index is 1.82. The average molecular weight is 559 g/mol. The Morgan fingerprint density at radius 3 is 2.69 bits per heavy atom. The molecule has 1 atom stereocenters. The number of aliphatic imine (C=N–C) groups is 1. The van der Waals surface area contributed by atoms with E-state index in [0.29, 0.717) is 5.76 Å². The van der Waals surface area contributed by atoms with Gasteiger partial charge in [-0.05, 0) is 60.7 Å². The van der Waals surface area contributed by atoms with Crippen molar-refractivity contribution in [1.82, 2.24) is 14.5 Å². The molecule has 2 aromatic carbocycles. The summed E-state index contributed by atoms with van der Waals surface area (Å²) in [6.07, 6.45) is 3.31. The molecule has 1 aliphatic heterocycles. The number of aromatic nitrogens is 3. The third kappa shape index (κ3) is 3.07. The summed E-state index contributed by atoms with van der Waals surface area (Å²) in [5.74, 6) is 0.692. The maximum absolute atomic E-state index is 5.66. The van der Waals surface area contributed by atoms with Crippen LogP contribution in [-0.4, -0.2) is 20.2 Å². The molecule has 29 heavy (non-hydrogen) atoms. The van der Waals surface area contributed by atoms with E-state index in [9.17, 15) is 0 Å². The van der Waals surface area contributed by atoms with Crippen molar-refractivity contribution in [2.45, 2.75) is 19.9 Å². The van der Waals surface area contributed by atoms with Crippen LogP contribution in [-0.2, 0) is 0 Å². The molecular formula is C22H16BrIN4O. The highest BCUT2D eigenvalue weighted by atomic mass is 127.